The molecular formula is C16H18N4O2. The zero-order valence-electron chi connectivity index (χ0n) is 12.6. The van der Waals surface area contributed by atoms with Crippen molar-refractivity contribution in [1.82, 2.24) is 20.6 Å². The van der Waals surface area contributed by atoms with E-state index in [4.69, 9.17) is 0 Å². The largest absolute Gasteiger partial charge is 0.354 e. The van der Waals surface area contributed by atoms with Gasteiger partial charge in [-0.25, -0.2) is 9.97 Å². The second-order valence-corrected chi connectivity index (χ2v) is 5.56. The fraction of sp³-hybridized carbons (Fsp3) is 0.375. The Morgan fingerprint density at radius 1 is 1.23 bits per heavy atom. The van der Waals surface area contributed by atoms with Gasteiger partial charge in [0, 0.05) is 12.1 Å². The highest BCUT2D eigenvalue weighted by Gasteiger charge is 2.24. The third kappa shape index (κ3) is 2.77. The Balaban J connectivity index is 1.84. The summed E-state index contributed by atoms with van der Waals surface area (Å²) in [7, 11) is 0. The third-order valence-corrected chi connectivity index (χ3v) is 3.93. The smallest absolute Gasteiger partial charge is 0.252 e. The van der Waals surface area contributed by atoms with Crippen LogP contribution in [0.4, 0.5) is 0 Å². The molecule has 3 rings (SSSR count). The van der Waals surface area contributed by atoms with Crippen LogP contribution in [-0.4, -0.2) is 34.4 Å². The summed E-state index contributed by atoms with van der Waals surface area (Å²) in [5.41, 5.74) is 3.66. The van der Waals surface area contributed by atoms with E-state index in [1.165, 1.54) is 0 Å². The number of aromatic nitrogens is 2. The molecule has 6 nitrogen and oxygen atoms in total. The highest BCUT2D eigenvalue weighted by atomic mass is 16.2. The minimum atomic E-state index is -0.456. The summed E-state index contributed by atoms with van der Waals surface area (Å²) in [6, 6.07) is 4.75. The average Bonchev–Trinajstić information content (AvgIpc) is 2.50. The van der Waals surface area contributed by atoms with Gasteiger partial charge in [-0.2, -0.15) is 0 Å². The number of piperidine rings is 1. The zero-order valence-corrected chi connectivity index (χ0v) is 12.6. The predicted octanol–water partition coefficient (Wildman–Crippen LogP) is 1.26. The number of hydrogen-bond acceptors (Lipinski definition) is 4. The quantitative estimate of drug-likeness (QED) is 0.874. The number of hydrogen-bond donors (Lipinski definition) is 2. The van der Waals surface area contributed by atoms with Crippen LogP contribution in [0.1, 0.15) is 34.6 Å². The molecule has 2 amide bonds. The Kier molecular flexibility index (Phi) is 3.75. The molecule has 0 bridgehead atoms. The van der Waals surface area contributed by atoms with E-state index in [0.717, 1.165) is 23.3 Å². The maximum atomic E-state index is 12.3. The van der Waals surface area contributed by atoms with E-state index in [1.807, 2.05) is 13.8 Å². The fourth-order valence-corrected chi connectivity index (χ4v) is 2.52. The number of nitrogens with one attached hydrogen (secondary N) is 2. The monoisotopic (exact) mass is 298 g/mol. The van der Waals surface area contributed by atoms with Crippen LogP contribution in [0.3, 0.4) is 0 Å². The molecule has 1 saturated heterocycles. The highest BCUT2D eigenvalue weighted by Crippen LogP contribution is 2.15. The van der Waals surface area contributed by atoms with Gasteiger partial charge >= 0.3 is 0 Å². The Morgan fingerprint density at radius 2 is 1.95 bits per heavy atom. The SMILES string of the molecule is Cc1nc2ccc(C(=O)NC3CCCNC3=O)cc2nc1C. The first-order valence-corrected chi connectivity index (χ1v) is 7.38. The summed E-state index contributed by atoms with van der Waals surface area (Å²) in [4.78, 5) is 32.9. The van der Waals surface area contributed by atoms with Gasteiger partial charge in [0.15, 0.2) is 0 Å². The Morgan fingerprint density at radius 3 is 2.68 bits per heavy atom. The average molecular weight is 298 g/mol. The first kappa shape index (κ1) is 14.4. The summed E-state index contributed by atoms with van der Waals surface area (Å²) in [5.74, 6) is -0.379. The normalized spacial score (nSPS) is 18.1. The number of amides is 2. The van der Waals surface area contributed by atoms with Gasteiger partial charge in [-0.1, -0.05) is 0 Å². The molecule has 0 spiro atoms. The van der Waals surface area contributed by atoms with E-state index in [9.17, 15) is 9.59 Å². The molecule has 1 aliphatic heterocycles. The molecule has 1 aromatic carbocycles. The van der Waals surface area contributed by atoms with Crippen LogP contribution in [0.15, 0.2) is 18.2 Å². The minimum absolute atomic E-state index is 0.119. The molecule has 1 aromatic heterocycles. The topological polar surface area (TPSA) is 84.0 Å². The van der Waals surface area contributed by atoms with E-state index in [1.54, 1.807) is 18.2 Å². The minimum Gasteiger partial charge on any atom is -0.354 e. The van der Waals surface area contributed by atoms with Gasteiger partial charge in [0.2, 0.25) is 5.91 Å². The lowest BCUT2D eigenvalue weighted by Gasteiger charge is -2.22. The molecule has 6 heteroatoms. The Hall–Kier alpha value is -2.50. The summed E-state index contributed by atoms with van der Waals surface area (Å²) in [5, 5.41) is 5.53. The van der Waals surface area contributed by atoms with E-state index in [-0.39, 0.29) is 11.8 Å². The van der Waals surface area contributed by atoms with Crippen LogP contribution in [0.5, 0.6) is 0 Å². The molecule has 0 saturated carbocycles. The molecule has 0 radical (unpaired) electrons. The lowest BCUT2D eigenvalue weighted by atomic mass is 10.1. The van der Waals surface area contributed by atoms with E-state index in [0.29, 0.717) is 24.0 Å². The highest BCUT2D eigenvalue weighted by molar-refractivity contribution is 5.99. The number of rotatable bonds is 2. The van der Waals surface area contributed by atoms with Crippen LogP contribution in [0.2, 0.25) is 0 Å². The third-order valence-electron chi connectivity index (χ3n) is 3.93. The van der Waals surface area contributed by atoms with Gasteiger partial charge in [-0.15, -0.1) is 0 Å². The van der Waals surface area contributed by atoms with Crippen LogP contribution in [0, 0.1) is 13.8 Å². The molecule has 1 fully saturated rings. The Bertz CT molecular complexity index is 757. The molecule has 0 aliphatic carbocycles. The van der Waals surface area contributed by atoms with Crippen LogP contribution in [-0.2, 0) is 4.79 Å². The van der Waals surface area contributed by atoms with Crippen molar-refractivity contribution in [2.24, 2.45) is 0 Å². The maximum Gasteiger partial charge on any atom is 0.252 e. The van der Waals surface area contributed by atoms with Gasteiger partial charge in [0.05, 0.1) is 22.4 Å². The van der Waals surface area contributed by atoms with Crippen LogP contribution in [0.25, 0.3) is 11.0 Å². The molecule has 22 heavy (non-hydrogen) atoms. The molecule has 1 aliphatic rings. The molecular weight excluding hydrogens is 280 g/mol. The predicted molar refractivity (Wildman–Crippen MR) is 82.5 cm³/mol. The summed E-state index contributed by atoms with van der Waals surface area (Å²) >= 11 is 0. The van der Waals surface area contributed by atoms with Crippen molar-refractivity contribution < 1.29 is 9.59 Å². The molecule has 114 valence electrons. The van der Waals surface area contributed by atoms with Crippen molar-refractivity contribution in [3.8, 4) is 0 Å². The summed E-state index contributed by atoms with van der Waals surface area (Å²) < 4.78 is 0. The van der Waals surface area contributed by atoms with E-state index < -0.39 is 6.04 Å². The maximum absolute atomic E-state index is 12.3. The molecule has 2 heterocycles. The number of fused-ring (bicyclic) bond motifs is 1. The number of aryl methyl sites for hydroxylation is 2. The second-order valence-electron chi connectivity index (χ2n) is 5.56. The number of nitrogens with zero attached hydrogens (tertiary/aromatic N) is 2. The molecule has 2 N–H and O–H groups in total. The zero-order chi connectivity index (χ0) is 15.7. The molecule has 1 atom stereocenters. The van der Waals surface area contributed by atoms with Crippen molar-refractivity contribution in [3.63, 3.8) is 0 Å². The van der Waals surface area contributed by atoms with E-state index >= 15 is 0 Å². The van der Waals surface area contributed by atoms with Crippen molar-refractivity contribution in [2.75, 3.05) is 6.54 Å². The van der Waals surface area contributed by atoms with Gasteiger partial charge in [0.25, 0.3) is 5.91 Å². The van der Waals surface area contributed by atoms with Gasteiger partial charge in [-0.3, -0.25) is 9.59 Å². The van der Waals surface area contributed by atoms with Gasteiger partial charge < -0.3 is 10.6 Å². The van der Waals surface area contributed by atoms with Crippen molar-refractivity contribution in [2.45, 2.75) is 32.7 Å². The molecule has 1 unspecified atom stereocenters. The van der Waals surface area contributed by atoms with Crippen LogP contribution < -0.4 is 10.6 Å². The van der Waals surface area contributed by atoms with Gasteiger partial charge in [0.1, 0.15) is 6.04 Å². The number of carbonyl (C=O) groups is 2. The Labute approximate surface area is 128 Å². The van der Waals surface area contributed by atoms with Gasteiger partial charge in [-0.05, 0) is 44.9 Å². The van der Waals surface area contributed by atoms with Crippen LogP contribution >= 0.6 is 0 Å². The second kappa shape index (κ2) is 5.71. The summed E-state index contributed by atoms with van der Waals surface area (Å²) in [6.07, 6.45) is 1.54. The first-order chi connectivity index (χ1) is 10.5. The van der Waals surface area contributed by atoms with E-state index in [2.05, 4.69) is 20.6 Å². The van der Waals surface area contributed by atoms with Crippen molar-refractivity contribution in [1.29, 1.82) is 0 Å². The lowest BCUT2D eigenvalue weighted by molar-refractivity contribution is -0.124. The summed E-state index contributed by atoms with van der Waals surface area (Å²) in [6.45, 7) is 4.47. The van der Waals surface area contributed by atoms with Crippen molar-refractivity contribution >= 4 is 22.8 Å². The van der Waals surface area contributed by atoms with Crippen molar-refractivity contribution in [3.05, 3.63) is 35.2 Å². The lowest BCUT2D eigenvalue weighted by Crippen LogP contribution is -2.50. The number of carbonyl (C=O) groups excluding carboxylic acids is 2. The number of benzene rings is 1. The molecule has 2 aromatic rings. The first-order valence-electron chi connectivity index (χ1n) is 7.38. The fourth-order valence-electron chi connectivity index (χ4n) is 2.52. The standard InChI is InChI=1S/C16H18N4O2/c1-9-10(2)19-14-8-11(5-6-12(14)18-9)15(21)20-13-4-3-7-17-16(13)22/h5-6,8,13H,3-4,7H2,1-2H3,(H,17,22)(H,20,21).